The molecule has 2 atom stereocenters. The van der Waals surface area contributed by atoms with Crippen LogP contribution in [-0.2, 0) is 14.3 Å². The molecule has 128 valence electrons. The highest BCUT2D eigenvalue weighted by molar-refractivity contribution is 7.08. The van der Waals surface area contributed by atoms with E-state index in [0.717, 1.165) is 57.8 Å². The number of hydrogen-bond acceptors (Lipinski definition) is 6. The summed E-state index contributed by atoms with van der Waals surface area (Å²) in [6.07, 6.45) is 3.54. The quantitative estimate of drug-likeness (QED) is 0.770. The summed E-state index contributed by atoms with van der Waals surface area (Å²) >= 11 is 1.64. The lowest BCUT2D eigenvalue weighted by molar-refractivity contribution is -0.149. The van der Waals surface area contributed by atoms with Crippen LogP contribution in [0.15, 0.2) is 16.8 Å². The molecule has 0 aromatic carbocycles. The van der Waals surface area contributed by atoms with Gasteiger partial charge in [0.15, 0.2) is 0 Å². The van der Waals surface area contributed by atoms with Gasteiger partial charge in [-0.25, -0.2) is 4.79 Å². The third kappa shape index (κ3) is 4.12. The molecular formula is C17H26N2O3S. The van der Waals surface area contributed by atoms with Gasteiger partial charge in [-0.15, -0.1) is 0 Å². The predicted molar refractivity (Wildman–Crippen MR) is 90.7 cm³/mol. The summed E-state index contributed by atoms with van der Waals surface area (Å²) in [6, 6.07) is 2.19. The number of thiophene rings is 1. The average Bonchev–Trinajstić information content (AvgIpc) is 3.11. The first-order chi connectivity index (χ1) is 11.3. The molecule has 2 aliphatic heterocycles. The predicted octanol–water partition coefficient (Wildman–Crippen LogP) is 2.15. The highest BCUT2D eigenvalue weighted by Crippen LogP contribution is 2.31. The third-order valence-corrected chi connectivity index (χ3v) is 5.56. The van der Waals surface area contributed by atoms with Crippen LogP contribution in [0.1, 0.15) is 30.9 Å². The summed E-state index contributed by atoms with van der Waals surface area (Å²) < 4.78 is 10.6. The average molecular weight is 338 g/mol. The van der Waals surface area contributed by atoms with Crippen molar-refractivity contribution in [3.8, 4) is 0 Å². The van der Waals surface area contributed by atoms with Crippen molar-refractivity contribution in [1.29, 1.82) is 0 Å². The number of carbonyl (C=O) groups is 1. The normalized spacial score (nSPS) is 25.2. The van der Waals surface area contributed by atoms with E-state index in [4.69, 9.17) is 9.47 Å². The Morgan fingerprint density at radius 1 is 1.39 bits per heavy atom. The summed E-state index contributed by atoms with van der Waals surface area (Å²) in [5.41, 5.74) is 1.07. The van der Waals surface area contributed by atoms with E-state index < -0.39 is 0 Å². The number of piperidine rings is 1. The zero-order chi connectivity index (χ0) is 16.1. The summed E-state index contributed by atoms with van der Waals surface area (Å²) in [5.74, 6) is -0.141. The van der Waals surface area contributed by atoms with Crippen LogP contribution in [0.25, 0.3) is 0 Å². The first-order valence-corrected chi connectivity index (χ1v) is 9.39. The van der Waals surface area contributed by atoms with Crippen molar-refractivity contribution < 1.29 is 14.3 Å². The van der Waals surface area contributed by atoms with Gasteiger partial charge in [0.25, 0.3) is 0 Å². The molecule has 0 saturated carbocycles. The van der Waals surface area contributed by atoms with Crippen LogP contribution >= 0.6 is 11.3 Å². The highest BCUT2D eigenvalue weighted by Gasteiger charge is 2.36. The number of ether oxygens (including phenoxy) is 2. The van der Waals surface area contributed by atoms with Crippen LogP contribution in [0, 0.1) is 0 Å². The van der Waals surface area contributed by atoms with Crippen molar-refractivity contribution in [3.05, 3.63) is 22.4 Å². The minimum Gasteiger partial charge on any atom is -0.468 e. The van der Waals surface area contributed by atoms with E-state index in [9.17, 15) is 4.79 Å². The van der Waals surface area contributed by atoms with Crippen molar-refractivity contribution in [3.63, 3.8) is 0 Å². The summed E-state index contributed by atoms with van der Waals surface area (Å²) in [5, 5.41) is 4.11. The third-order valence-electron chi connectivity index (χ3n) is 4.86. The van der Waals surface area contributed by atoms with E-state index in [1.807, 2.05) is 11.4 Å². The Labute approximate surface area is 142 Å². The molecule has 5 nitrogen and oxygen atoms in total. The molecule has 0 bridgehead atoms. The number of carbonyl (C=O) groups excluding carboxylic acids is 1. The fourth-order valence-corrected chi connectivity index (χ4v) is 4.32. The van der Waals surface area contributed by atoms with Crippen LogP contribution in [0.4, 0.5) is 0 Å². The van der Waals surface area contributed by atoms with Crippen LogP contribution < -0.4 is 0 Å². The second-order valence-electron chi connectivity index (χ2n) is 6.28. The van der Waals surface area contributed by atoms with E-state index in [1.54, 1.807) is 11.3 Å². The molecular weight excluding hydrogens is 312 g/mol. The Hall–Kier alpha value is -0.950. The second kappa shape index (κ2) is 8.24. The van der Waals surface area contributed by atoms with Gasteiger partial charge in [0.2, 0.25) is 0 Å². The lowest BCUT2D eigenvalue weighted by atomic mass is 9.96. The van der Waals surface area contributed by atoms with Gasteiger partial charge in [0.05, 0.1) is 20.3 Å². The summed E-state index contributed by atoms with van der Waals surface area (Å²) in [4.78, 5) is 17.3. The van der Waals surface area contributed by atoms with Gasteiger partial charge in [0.1, 0.15) is 6.04 Å². The second-order valence-corrected chi connectivity index (χ2v) is 7.06. The molecule has 6 heteroatoms. The number of methoxy groups -OCH3 is 1. The van der Waals surface area contributed by atoms with E-state index in [0.29, 0.717) is 6.04 Å². The standard InChI is InChI=1S/C17H26N2O3S/c1-21-17(20)16(14-5-11-23-13-14)19-6-3-2-4-15(19)12-18-7-9-22-10-8-18/h5,11,13,15-16H,2-4,6-10,12H2,1H3/t15-,16+/m0/s1. The molecule has 23 heavy (non-hydrogen) atoms. The maximum absolute atomic E-state index is 12.5. The highest BCUT2D eigenvalue weighted by atomic mass is 32.1. The molecule has 2 saturated heterocycles. The molecule has 2 fully saturated rings. The topological polar surface area (TPSA) is 42.0 Å². The Kier molecular flexibility index (Phi) is 6.05. The fraction of sp³-hybridized carbons (Fsp3) is 0.706. The smallest absolute Gasteiger partial charge is 0.327 e. The SMILES string of the molecule is COC(=O)[C@@H](c1ccsc1)N1CCCC[C@H]1CN1CCOCC1. The minimum atomic E-state index is -0.266. The van der Waals surface area contributed by atoms with Gasteiger partial charge in [-0.1, -0.05) is 6.42 Å². The number of hydrogen-bond donors (Lipinski definition) is 0. The van der Waals surface area contributed by atoms with Gasteiger partial charge in [-0.05, 0) is 41.8 Å². The van der Waals surface area contributed by atoms with Gasteiger partial charge < -0.3 is 9.47 Å². The molecule has 1 aromatic heterocycles. The number of morpholine rings is 1. The van der Waals surface area contributed by atoms with Crippen molar-refractivity contribution in [2.45, 2.75) is 31.3 Å². The van der Waals surface area contributed by atoms with E-state index in [-0.39, 0.29) is 12.0 Å². The molecule has 0 aliphatic carbocycles. The maximum Gasteiger partial charge on any atom is 0.327 e. The molecule has 0 unspecified atom stereocenters. The first kappa shape index (κ1) is 16.9. The fourth-order valence-electron chi connectivity index (χ4n) is 3.65. The molecule has 0 N–H and O–H groups in total. The zero-order valence-corrected chi connectivity index (χ0v) is 14.6. The van der Waals surface area contributed by atoms with Crippen molar-refractivity contribution >= 4 is 17.3 Å². The van der Waals surface area contributed by atoms with Crippen molar-refractivity contribution in [2.24, 2.45) is 0 Å². The molecule has 2 aliphatic rings. The van der Waals surface area contributed by atoms with Gasteiger partial charge in [-0.2, -0.15) is 11.3 Å². The van der Waals surface area contributed by atoms with Crippen molar-refractivity contribution in [1.82, 2.24) is 9.80 Å². The Bertz CT molecular complexity index is 488. The maximum atomic E-state index is 12.5. The molecule has 0 spiro atoms. The Morgan fingerprint density at radius 2 is 2.22 bits per heavy atom. The van der Waals surface area contributed by atoms with Crippen LogP contribution in [-0.4, -0.2) is 68.3 Å². The first-order valence-electron chi connectivity index (χ1n) is 8.45. The number of nitrogens with zero attached hydrogens (tertiary/aromatic N) is 2. The molecule has 0 amide bonds. The summed E-state index contributed by atoms with van der Waals surface area (Å²) in [7, 11) is 1.49. The number of esters is 1. The summed E-state index contributed by atoms with van der Waals surface area (Å²) in [6.45, 7) is 5.60. The molecule has 3 rings (SSSR count). The van der Waals surface area contributed by atoms with Crippen LogP contribution in [0.5, 0.6) is 0 Å². The van der Waals surface area contributed by atoms with E-state index in [2.05, 4.69) is 15.2 Å². The molecule has 3 heterocycles. The van der Waals surface area contributed by atoms with Crippen LogP contribution in [0.3, 0.4) is 0 Å². The van der Waals surface area contributed by atoms with Gasteiger partial charge in [0, 0.05) is 25.7 Å². The lowest BCUT2D eigenvalue weighted by Crippen LogP contribution is -2.51. The Morgan fingerprint density at radius 3 is 2.91 bits per heavy atom. The zero-order valence-electron chi connectivity index (χ0n) is 13.8. The largest absolute Gasteiger partial charge is 0.468 e. The number of rotatable bonds is 5. The van der Waals surface area contributed by atoms with E-state index >= 15 is 0 Å². The Balaban J connectivity index is 1.76. The van der Waals surface area contributed by atoms with Gasteiger partial charge in [-0.3, -0.25) is 9.80 Å². The van der Waals surface area contributed by atoms with Gasteiger partial charge >= 0.3 is 5.97 Å². The lowest BCUT2D eigenvalue weighted by Gasteiger charge is -2.42. The van der Waals surface area contributed by atoms with Crippen molar-refractivity contribution in [2.75, 3.05) is 46.5 Å². The number of likely N-dealkylation sites (tertiary alicyclic amines) is 1. The molecule has 1 aromatic rings. The van der Waals surface area contributed by atoms with E-state index in [1.165, 1.54) is 13.5 Å². The minimum absolute atomic E-state index is 0.141. The monoisotopic (exact) mass is 338 g/mol. The molecule has 0 radical (unpaired) electrons. The van der Waals surface area contributed by atoms with Crippen LogP contribution in [0.2, 0.25) is 0 Å².